The molecular weight excluding hydrogens is 158 g/mol. The van der Waals surface area contributed by atoms with E-state index in [0.717, 1.165) is 5.56 Å². The van der Waals surface area contributed by atoms with Crippen molar-refractivity contribution in [3.05, 3.63) is 48.6 Å². The van der Waals surface area contributed by atoms with Crippen LogP contribution in [-0.4, -0.2) is 0 Å². The first-order chi connectivity index (χ1) is 6.09. The predicted molar refractivity (Wildman–Crippen MR) is 57.3 cm³/mol. The van der Waals surface area contributed by atoms with Crippen LogP contribution in [0.1, 0.15) is 19.4 Å². The Labute approximate surface area is 80.3 Å². The Balaban J connectivity index is 3.00. The van der Waals surface area contributed by atoms with Gasteiger partial charge in [0.2, 0.25) is 0 Å². The molecule has 0 bridgehead atoms. The van der Waals surface area contributed by atoms with E-state index in [1.165, 1.54) is 0 Å². The SMILES string of the molecule is C=C[C@H](C)[C@](C)(N)c1ccccc1. The molecule has 70 valence electrons. The zero-order valence-electron chi connectivity index (χ0n) is 8.33. The zero-order valence-corrected chi connectivity index (χ0v) is 8.33. The van der Waals surface area contributed by atoms with Crippen molar-refractivity contribution in [2.24, 2.45) is 11.7 Å². The number of nitrogens with two attached hydrogens (primary N) is 1. The Morgan fingerprint density at radius 1 is 1.38 bits per heavy atom. The molecule has 1 aromatic rings. The van der Waals surface area contributed by atoms with Crippen molar-refractivity contribution >= 4 is 0 Å². The van der Waals surface area contributed by atoms with Crippen LogP contribution in [-0.2, 0) is 5.54 Å². The van der Waals surface area contributed by atoms with Crippen LogP contribution in [0.15, 0.2) is 43.0 Å². The van der Waals surface area contributed by atoms with Crippen LogP contribution in [0.2, 0.25) is 0 Å². The minimum atomic E-state index is -0.316. The molecule has 2 atom stereocenters. The second-order valence-electron chi connectivity index (χ2n) is 3.67. The predicted octanol–water partition coefficient (Wildman–Crippen LogP) is 2.68. The van der Waals surface area contributed by atoms with Crippen LogP contribution in [0.5, 0.6) is 0 Å². The number of rotatable bonds is 3. The van der Waals surface area contributed by atoms with Crippen LogP contribution in [0.25, 0.3) is 0 Å². The van der Waals surface area contributed by atoms with Gasteiger partial charge in [-0.15, -0.1) is 6.58 Å². The van der Waals surface area contributed by atoms with Crippen molar-refractivity contribution in [1.29, 1.82) is 0 Å². The van der Waals surface area contributed by atoms with Crippen molar-refractivity contribution in [2.45, 2.75) is 19.4 Å². The van der Waals surface area contributed by atoms with Gasteiger partial charge in [-0.2, -0.15) is 0 Å². The van der Waals surface area contributed by atoms with Crippen molar-refractivity contribution in [1.82, 2.24) is 0 Å². The molecule has 1 aromatic carbocycles. The second kappa shape index (κ2) is 3.75. The van der Waals surface area contributed by atoms with E-state index in [9.17, 15) is 0 Å². The summed E-state index contributed by atoms with van der Waals surface area (Å²) in [6.45, 7) is 7.89. The molecular formula is C12H17N. The fourth-order valence-electron chi connectivity index (χ4n) is 1.30. The molecule has 13 heavy (non-hydrogen) atoms. The summed E-state index contributed by atoms with van der Waals surface area (Å²) in [6.07, 6.45) is 1.90. The average molecular weight is 175 g/mol. The van der Waals surface area contributed by atoms with Crippen molar-refractivity contribution in [3.8, 4) is 0 Å². The van der Waals surface area contributed by atoms with E-state index in [1.54, 1.807) is 0 Å². The van der Waals surface area contributed by atoms with Gasteiger partial charge in [0.15, 0.2) is 0 Å². The fourth-order valence-corrected chi connectivity index (χ4v) is 1.30. The molecule has 0 unspecified atom stereocenters. The third-order valence-electron chi connectivity index (χ3n) is 2.70. The summed E-state index contributed by atoms with van der Waals surface area (Å²) in [6, 6.07) is 10.1. The highest BCUT2D eigenvalue weighted by molar-refractivity contribution is 5.24. The molecule has 0 aromatic heterocycles. The third kappa shape index (κ3) is 1.99. The van der Waals surface area contributed by atoms with E-state index in [1.807, 2.05) is 31.2 Å². The standard InChI is InChI=1S/C12H17N/c1-4-10(2)12(3,13)11-8-6-5-7-9-11/h4-10H,1,13H2,2-3H3/t10-,12-/m0/s1. The van der Waals surface area contributed by atoms with E-state index in [4.69, 9.17) is 5.73 Å². The molecule has 0 saturated carbocycles. The van der Waals surface area contributed by atoms with Gasteiger partial charge in [0.05, 0.1) is 0 Å². The maximum atomic E-state index is 6.22. The van der Waals surface area contributed by atoms with Gasteiger partial charge in [-0.1, -0.05) is 43.3 Å². The van der Waals surface area contributed by atoms with Crippen molar-refractivity contribution in [3.63, 3.8) is 0 Å². The summed E-state index contributed by atoms with van der Waals surface area (Å²) < 4.78 is 0. The van der Waals surface area contributed by atoms with Crippen LogP contribution in [0.4, 0.5) is 0 Å². The molecule has 0 aliphatic carbocycles. The molecule has 1 heteroatoms. The maximum absolute atomic E-state index is 6.22. The number of benzene rings is 1. The largest absolute Gasteiger partial charge is 0.321 e. The summed E-state index contributed by atoms with van der Waals surface area (Å²) in [7, 11) is 0. The van der Waals surface area contributed by atoms with Gasteiger partial charge in [0.1, 0.15) is 0 Å². The lowest BCUT2D eigenvalue weighted by molar-refractivity contribution is 0.386. The summed E-state index contributed by atoms with van der Waals surface area (Å²) in [5.41, 5.74) is 7.06. The van der Waals surface area contributed by atoms with E-state index in [-0.39, 0.29) is 11.5 Å². The van der Waals surface area contributed by atoms with E-state index < -0.39 is 0 Å². The van der Waals surface area contributed by atoms with E-state index >= 15 is 0 Å². The lowest BCUT2D eigenvalue weighted by Gasteiger charge is -2.30. The molecule has 0 aliphatic heterocycles. The van der Waals surface area contributed by atoms with Gasteiger partial charge in [-0.3, -0.25) is 0 Å². The third-order valence-corrected chi connectivity index (χ3v) is 2.70. The van der Waals surface area contributed by atoms with Gasteiger partial charge < -0.3 is 5.73 Å². The minimum absolute atomic E-state index is 0.273. The molecule has 0 spiro atoms. The molecule has 0 saturated heterocycles. The quantitative estimate of drug-likeness (QED) is 0.702. The summed E-state index contributed by atoms with van der Waals surface area (Å²) in [5.74, 6) is 0.273. The van der Waals surface area contributed by atoms with Crippen molar-refractivity contribution in [2.75, 3.05) is 0 Å². The Bertz CT molecular complexity index is 274. The summed E-state index contributed by atoms with van der Waals surface area (Å²) in [4.78, 5) is 0. The smallest absolute Gasteiger partial charge is 0.0441 e. The minimum Gasteiger partial charge on any atom is -0.321 e. The molecule has 0 fully saturated rings. The van der Waals surface area contributed by atoms with Gasteiger partial charge in [-0.25, -0.2) is 0 Å². The van der Waals surface area contributed by atoms with E-state index in [2.05, 4.69) is 25.6 Å². The molecule has 0 heterocycles. The first kappa shape index (κ1) is 10.0. The van der Waals surface area contributed by atoms with Gasteiger partial charge in [-0.05, 0) is 18.4 Å². The topological polar surface area (TPSA) is 26.0 Å². The number of hydrogen-bond donors (Lipinski definition) is 1. The summed E-state index contributed by atoms with van der Waals surface area (Å²) in [5, 5.41) is 0. The second-order valence-corrected chi connectivity index (χ2v) is 3.67. The molecule has 0 amide bonds. The lowest BCUT2D eigenvalue weighted by atomic mass is 9.82. The van der Waals surface area contributed by atoms with Crippen molar-refractivity contribution < 1.29 is 0 Å². The number of hydrogen-bond acceptors (Lipinski definition) is 1. The fraction of sp³-hybridized carbons (Fsp3) is 0.333. The monoisotopic (exact) mass is 175 g/mol. The molecule has 1 nitrogen and oxygen atoms in total. The maximum Gasteiger partial charge on any atom is 0.0441 e. The van der Waals surface area contributed by atoms with Crippen LogP contribution in [0, 0.1) is 5.92 Å². The Morgan fingerprint density at radius 2 is 1.92 bits per heavy atom. The molecule has 0 radical (unpaired) electrons. The Hall–Kier alpha value is -1.08. The molecule has 1 rings (SSSR count). The highest BCUT2D eigenvalue weighted by Crippen LogP contribution is 2.26. The zero-order chi connectivity index (χ0) is 9.90. The first-order valence-corrected chi connectivity index (χ1v) is 4.56. The Morgan fingerprint density at radius 3 is 2.38 bits per heavy atom. The lowest BCUT2D eigenvalue weighted by Crippen LogP contribution is -2.38. The average Bonchev–Trinajstić information content (AvgIpc) is 2.18. The highest BCUT2D eigenvalue weighted by Gasteiger charge is 2.25. The summed E-state index contributed by atoms with van der Waals surface area (Å²) >= 11 is 0. The van der Waals surface area contributed by atoms with E-state index in [0.29, 0.717) is 0 Å². The van der Waals surface area contributed by atoms with Crippen LogP contribution < -0.4 is 5.73 Å². The van der Waals surface area contributed by atoms with Gasteiger partial charge in [0.25, 0.3) is 0 Å². The normalized spacial score (nSPS) is 17.5. The molecule has 0 aliphatic rings. The van der Waals surface area contributed by atoms with Gasteiger partial charge in [0, 0.05) is 5.54 Å². The van der Waals surface area contributed by atoms with Crippen LogP contribution in [0.3, 0.4) is 0 Å². The van der Waals surface area contributed by atoms with Gasteiger partial charge >= 0.3 is 0 Å². The molecule has 2 N–H and O–H groups in total. The first-order valence-electron chi connectivity index (χ1n) is 4.56. The highest BCUT2D eigenvalue weighted by atomic mass is 14.7. The van der Waals surface area contributed by atoms with Crippen LogP contribution >= 0.6 is 0 Å². The Kier molecular flexibility index (Phi) is 2.89.